The Morgan fingerprint density at radius 3 is 2.83 bits per heavy atom. The molecule has 0 aliphatic heterocycles. The Labute approximate surface area is 70.0 Å². The lowest BCUT2D eigenvalue weighted by Gasteiger charge is -2.14. The van der Waals surface area contributed by atoms with Crippen molar-refractivity contribution in [2.24, 2.45) is 5.73 Å². The molecule has 4 heteroatoms. The smallest absolute Gasteiger partial charge is 0.217 e. The second-order valence-electron chi connectivity index (χ2n) is 2.65. The molecule has 3 nitrogen and oxygen atoms in total. The molecular formula is C8H11FN2O. The summed E-state index contributed by atoms with van der Waals surface area (Å²) in [5.41, 5.74) is 5.75. The van der Waals surface area contributed by atoms with Crippen LogP contribution in [0, 0.1) is 5.95 Å². The summed E-state index contributed by atoms with van der Waals surface area (Å²) in [7, 11) is 0. The van der Waals surface area contributed by atoms with Crippen molar-refractivity contribution in [2.75, 3.05) is 0 Å². The fourth-order valence-corrected chi connectivity index (χ4v) is 0.907. The van der Waals surface area contributed by atoms with Gasteiger partial charge in [0.25, 0.3) is 0 Å². The summed E-state index contributed by atoms with van der Waals surface area (Å²) in [5.74, 6) is -0.620. The van der Waals surface area contributed by atoms with E-state index in [1.165, 1.54) is 19.2 Å². The third-order valence-corrected chi connectivity index (χ3v) is 1.67. The maximum Gasteiger partial charge on any atom is 0.217 e. The molecule has 66 valence electrons. The lowest BCUT2D eigenvalue weighted by Crippen LogP contribution is -2.24. The van der Waals surface area contributed by atoms with Crippen LogP contribution in [-0.4, -0.2) is 16.2 Å². The van der Waals surface area contributed by atoms with Gasteiger partial charge in [0.05, 0.1) is 12.1 Å². The third kappa shape index (κ3) is 1.78. The van der Waals surface area contributed by atoms with Crippen LogP contribution in [0.25, 0.3) is 0 Å². The number of aliphatic hydroxyl groups excluding tert-OH is 1. The largest absolute Gasteiger partial charge is 0.391 e. The van der Waals surface area contributed by atoms with Crippen LogP contribution < -0.4 is 5.73 Å². The molecule has 0 saturated heterocycles. The van der Waals surface area contributed by atoms with Gasteiger partial charge < -0.3 is 10.8 Å². The monoisotopic (exact) mass is 170 g/mol. The summed E-state index contributed by atoms with van der Waals surface area (Å²) in [6.45, 7) is 1.51. The molecule has 1 heterocycles. The molecule has 1 aromatic heterocycles. The summed E-state index contributed by atoms with van der Waals surface area (Å²) in [6.07, 6.45) is 0.567. The van der Waals surface area contributed by atoms with E-state index in [1.807, 2.05) is 0 Å². The summed E-state index contributed by atoms with van der Waals surface area (Å²) >= 11 is 0. The van der Waals surface area contributed by atoms with Crippen LogP contribution in [0.1, 0.15) is 18.5 Å². The fourth-order valence-electron chi connectivity index (χ4n) is 0.907. The van der Waals surface area contributed by atoms with E-state index in [-0.39, 0.29) is 5.56 Å². The highest BCUT2D eigenvalue weighted by atomic mass is 19.1. The molecule has 0 spiro atoms. The van der Waals surface area contributed by atoms with Gasteiger partial charge in [0.2, 0.25) is 5.95 Å². The van der Waals surface area contributed by atoms with E-state index >= 15 is 0 Å². The molecule has 0 amide bonds. The van der Waals surface area contributed by atoms with Crippen molar-refractivity contribution in [1.82, 2.24) is 4.98 Å². The summed E-state index contributed by atoms with van der Waals surface area (Å²) in [4.78, 5) is 3.42. The molecule has 3 N–H and O–H groups in total. The highest BCUT2D eigenvalue weighted by Crippen LogP contribution is 2.15. The summed E-state index contributed by atoms with van der Waals surface area (Å²) < 4.78 is 12.9. The van der Waals surface area contributed by atoms with Gasteiger partial charge in [0.15, 0.2) is 0 Å². The Hall–Kier alpha value is -1.00. The van der Waals surface area contributed by atoms with Crippen molar-refractivity contribution in [3.05, 3.63) is 29.8 Å². The number of halogens is 1. The Morgan fingerprint density at radius 2 is 2.33 bits per heavy atom. The first-order valence-electron chi connectivity index (χ1n) is 3.67. The highest BCUT2D eigenvalue weighted by Gasteiger charge is 2.15. The zero-order valence-electron chi connectivity index (χ0n) is 6.74. The van der Waals surface area contributed by atoms with E-state index in [4.69, 9.17) is 10.8 Å². The van der Waals surface area contributed by atoms with Crippen LogP contribution in [0.4, 0.5) is 4.39 Å². The lowest BCUT2D eigenvalue weighted by molar-refractivity contribution is 0.162. The first kappa shape index (κ1) is 9.09. The molecule has 0 saturated carbocycles. The Kier molecular flexibility index (Phi) is 2.73. The minimum Gasteiger partial charge on any atom is -0.391 e. The molecule has 0 radical (unpaired) electrons. The molecular weight excluding hydrogens is 159 g/mol. The van der Waals surface area contributed by atoms with Crippen LogP contribution >= 0.6 is 0 Å². The van der Waals surface area contributed by atoms with Gasteiger partial charge in [-0.3, -0.25) is 0 Å². The predicted octanol–water partition coefficient (Wildman–Crippen LogP) is 0.601. The molecule has 0 aliphatic carbocycles. The van der Waals surface area contributed by atoms with Crippen molar-refractivity contribution in [1.29, 1.82) is 0 Å². The van der Waals surface area contributed by atoms with Crippen molar-refractivity contribution < 1.29 is 9.50 Å². The van der Waals surface area contributed by atoms with Crippen molar-refractivity contribution in [2.45, 2.75) is 19.1 Å². The maximum absolute atomic E-state index is 12.9. The first-order chi connectivity index (χ1) is 5.63. The molecule has 0 aliphatic rings. The number of nitrogens with zero attached hydrogens (tertiary/aromatic N) is 1. The topological polar surface area (TPSA) is 59.1 Å². The van der Waals surface area contributed by atoms with Crippen molar-refractivity contribution in [3.63, 3.8) is 0 Å². The van der Waals surface area contributed by atoms with Crippen molar-refractivity contribution in [3.8, 4) is 0 Å². The minimum absolute atomic E-state index is 0.243. The minimum atomic E-state index is -0.774. The second kappa shape index (κ2) is 3.60. The van der Waals surface area contributed by atoms with Gasteiger partial charge in [-0.1, -0.05) is 6.07 Å². The van der Waals surface area contributed by atoms with E-state index in [0.717, 1.165) is 0 Å². The van der Waals surface area contributed by atoms with Gasteiger partial charge in [-0.05, 0) is 13.0 Å². The van der Waals surface area contributed by atoms with Gasteiger partial charge in [-0.15, -0.1) is 0 Å². The van der Waals surface area contributed by atoms with E-state index in [1.54, 1.807) is 6.07 Å². The number of pyridine rings is 1. The number of rotatable bonds is 2. The highest BCUT2D eigenvalue weighted by molar-refractivity contribution is 5.16. The standard InChI is InChI=1S/C8H11FN2O/c1-5(12)7(10)6-3-2-4-11-8(6)9/h2-5,7,12H,10H2,1H3/t5-,7+/m1/s1. The van der Waals surface area contributed by atoms with Gasteiger partial charge in [0, 0.05) is 11.8 Å². The molecule has 0 bridgehead atoms. The number of hydrogen-bond acceptors (Lipinski definition) is 3. The number of nitrogens with two attached hydrogens (primary N) is 1. The summed E-state index contributed by atoms with van der Waals surface area (Å²) in [5, 5.41) is 9.08. The molecule has 0 aromatic carbocycles. The molecule has 2 atom stereocenters. The first-order valence-corrected chi connectivity index (χ1v) is 3.67. The third-order valence-electron chi connectivity index (χ3n) is 1.67. The fraction of sp³-hybridized carbons (Fsp3) is 0.375. The van der Waals surface area contributed by atoms with E-state index in [0.29, 0.717) is 0 Å². The molecule has 1 aromatic rings. The number of aromatic nitrogens is 1. The second-order valence-corrected chi connectivity index (χ2v) is 2.65. The van der Waals surface area contributed by atoms with Crippen LogP contribution in [0.2, 0.25) is 0 Å². The van der Waals surface area contributed by atoms with Crippen LogP contribution in [0.15, 0.2) is 18.3 Å². The van der Waals surface area contributed by atoms with Crippen LogP contribution in [0.3, 0.4) is 0 Å². The van der Waals surface area contributed by atoms with Gasteiger partial charge in [-0.2, -0.15) is 4.39 Å². The SMILES string of the molecule is C[C@@H](O)[C@H](N)c1cccnc1F. The number of aliphatic hydroxyl groups is 1. The molecule has 1 rings (SSSR count). The van der Waals surface area contributed by atoms with Crippen LogP contribution in [-0.2, 0) is 0 Å². The molecule has 0 fully saturated rings. The zero-order valence-corrected chi connectivity index (χ0v) is 6.74. The van der Waals surface area contributed by atoms with Crippen molar-refractivity contribution >= 4 is 0 Å². The van der Waals surface area contributed by atoms with Gasteiger partial charge in [0.1, 0.15) is 0 Å². The Morgan fingerprint density at radius 1 is 1.67 bits per heavy atom. The Balaban J connectivity index is 2.94. The van der Waals surface area contributed by atoms with Gasteiger partial charge >= 0.3 is 0 Å². The van der Waals surface area contributed by atoms with Gasteiger partial charge in [-0.25, -0.2) is 4.98 Å². The van der Waals surface area contributed by atoms with E-state index in [2.05, 4.69) is 4.98 Å². The Bertz CT molecular complexity index is 265. The normalized spacial score (nSPS) is 15.7. The average Bonchev–Trinajstić information content (AvgIpc) is 2.04. The van der Waals surface area contributed by atoms with E-state index in [9.17, 15) is 4.39 Å². The number of hydrogen-bond donors (Lipinski definition) is 2. The zero-order chi connectivity index (χ0) is 9.14. The average molecular weight is 170 g/mol. The van der Waals surface area contributed by atoms with Crippen LogP contribution in [0.5, 0.6) is 0 Å². The predicted molar refractivity (Wildman–Crippen MR) is 42.8 cm³/mol. The summed E-state index contributed by atoms with van der Waals surface area (Å²) in [6, 6.07) is 2.39. The van der Waals surface area contributed by atoms with E-state index < -0.39 is 18.1 Å². The quantitative estimate of drug-likeness (QED) is 0.639. The molecule has 12 heavy (non-hydrogen) atoms. The molecule has 0 unspecified atom stereocenters. The maximum atomic E-state index is 12.9. The lowest BCUT2D eigenvalue weighted by atomic mass is 10.1.